The fourth-order valence-corrected chi connectivity index (χ4v) is 3.60. The summed E-state index contributed by atoms with van der Waals surface area (Å²) in [6.07, 6.45) is 5.29. The molecule has 4 rings (SSSR count). The maximum Gasteiger partial charge on any atom is 0.242 e. The Morgan fingerprint density at radius 3 is 2.64 bits per heavy atom. The molecule has 1 aromatic heterocycles. The number of amides is 3. The van der Waals surface area contributed by atoms with E-state index < -0.39 is 0 Å². The molecule has 1 atom stereocenters. The molecule has 0 bridgehead atoms. The van der Waals surface area contributed by atoms with Crippen molar-refractivity contribution < 1.29 is 18.9 Å². The van der Waals surface area contributed by atoms with Crippen LogP contribution in [0.3, 0.4) is 0 Å². The first-order valence-electron chi connectivity index (χ1n) is 9.03. The zero-order valence-corrected chi connectivity index (χ0v) is 14.1. The van der Waals surface area contributed by atoms with E-state index in [1.807, 2.05) is 0 Å². The van der Waals surface area contributed by atoms with Crippen molar-refractivity contribution in [2.45, 2.75) is 50.9 Å². The molecule has 3 aliphatic rings. The van der Waals surface area contributed by atoms with Gasteiger partial charge in [-0.05, 0) is 31.6 Å². The predicted molar refractivity (Wildman–Crippen MR) is 85.2 cm³/mol. The Morgan fingerprint density at radius 2 is 1.92 bits per heavy atom. The number of hydrogen-bond donors (Lipinski definition) is 0. The summed E-state index contributed by atoms with van der Waals surface area (Å²) in [5.41, 5.74) is 0. The van der Waals surface area contributed by atoms with Crippen molar-refractivity contribution in [3.63, 3.8) is 0 Å². The van der Waals surface area contributed by atoms with Gasteiger partial charge in [-0.3, -0.25) is 19.3 Å². The summed E-state index contributed by atoms with van der Waals surface area (Å²) in [5.74, 6) is 1.55. The van der Waals surface area contributed by atoms with Crippen LogP contribution in [0.4, 0.5) is 0 Å². The lowest BCUT2D eigenvalue weighted by Crippen LogP contribution is -2.46. The van der Waals surface area contributed by atoms with Crippen molar-refractivity contribution in [2.75, 3.05) is 19.6 Å². The van der Waals surface area contributed by atoms with Crippen LogP contribution in [0.15, 0.2) is 4.52 Å². The number of rotatable bonds is 5. The molecule has 1 saturated carbocycles. The summed E-state index contributed by atoms with van der Waals surface area (Å²) in [5, 5.41) is 4.03. The molecule has 3 amide bonds. The van der Waals surface area contributed by atoms with Crippen molar-refractivity contribution in [3.05, 3.63) is 11.7 Å². The summed E-state index contributed by atoms with van der Waals surface area (Å²) < 4.78 is 5.34. The SMILES string of the molecule is O=C(CN1C(=O)CCC1=O)N1CCC[C@@H](Cc2nc(C3CC3)no2)C1. The quantitative estimate of drug-likeness (QED) is 0.734. The smallest absolute Gasteiger partial charge is 0.242 e. The second kappa shape index (κ2) is 6.57. The number of imide groups is 1. The van der Waals surface area contributed by atoms with E-state index in [0.717, 1.165) is 36.4 Å². The fourth-order valence-electron chi connectivity index (χ4n) is 3.60. The van der Waals surface area contributed by atoms with Crippen LogP contribution < -0.4 is 0 Å². The highest BCUT2D eigenvalue weighted by atomic mass is 16.5. The van der Waals surface area contributed by atoms with Crippen LogP contribution in [0.2, 0.25) is 0 Å². The average molecular weight is 346 g/mol. The molecule has 2 aliphatic heterocycles. The normalized spacial score (nSPS) is 24.2. The van der Waals surface area contributed by atoms with Crippen molar-refractivity contribution in [2.24, 2.45) is 5.92 Å². The standard InChI is InChI=1S/C17H22N4O4/c22-14-5-6-15(23)21(14)10-16(24)20-7-1-2-11(9-20)8-13-18-17(19-25-13)12-3-4-12/h11-12H,1-10H2/t11-/m0/s1. The average Bonchev–Trinajstić information content (AvgIpc) is 3.29. The maximum absolute atomic E-state index is 12.5. The summed E-state index contributed by atoms with van der Waals surface area (Å²) in [6.45, 7) is 1.15. The molecule has 3 fully saturated rings. The lowest BCUT2D eigenvalue weighted by Gasteiger charge is -2.33. The van der Waals surface area contributed by atoms with E-state index in [9.17, 15) is 14.4 Å². The Bertz CT molecular complexity index is 681. The van der Waals surface area contributed by atoms with E-state index in [2.05, 4.69) is 10.1 Å². The minimum atomic E-state index is -0.245. The Hall–Kier alpha value is -2.25. The largest absolute Gasteiger partial charge is 0.341 e. The highest BCUT2D eigenvalue weighted by molar-refractivity contribution is 6.04. The molecule has 8 nitrogen and oxygen atoms in total. The molecule has 2 saturated heterocycles. The van der Waals surface area contributed by atoms with E-state index in [-0.39, 0.29) is 43.0 Å². The number of nitrogens with zero attached hydrogens (tertiary/aromatic N) is 4. The topological polar surface area (TPSA) is 96.6 Å². The van der Waals surface area contributed by atoms with Crippen LogP contribution in [0.25, 0.3) is 0 Å². The maximum atomic E-state index is 12.5. The molecule has 25 heavy (non-hydrogen) atoms. The van der Waals surface area contributed by atoms with Crippen LogP contribution in [0.5, 0.6) is 0 Å². The first-order chi connectivity index (χ1) is 12.1. The lowest BCUT2D eigenvalue weighted by molar-refractivity contribution is -0.146. The van der Waals surface area contributed by atoms with Gasteiger partial charge in [-0.25, -0.2) is 0 Å². The van der Waals surface area contributed by atoms with Crippen molar-refractivity contribution in [3.8, 4) is 0 Å². The second-order valence-electron chi connectivity index (χ2n) is 7.25. The number of likely N-dealkylation sites (tertiary alicyclic amines) is 2. The Morgan fingerprint density at radius 1 is 1.16 bits per heavy atom. The van der Waals surface area contributed by atoms with Gasteiger partial charge in [-0.1, -0.05) is 5.16 Å². The van der Waals surface area contributed by atoms with Crippen LogP contribution in [0, 0.1) is 5.92 Å². The van der Waals surface area contributed by atoms with E-state index >= 15 is 0 Å². The molecule has 0 spiro atoms. The molecule has 0 unspecified atom stereocenters. The van der Waals surface area contributed by atoms with E-state index in [4.69, 9.17) is 4.52 Å². The summed E-state index contributed by atoms with van der Waals surface area (Å²) >= 11 is 0. The number of carbonyl (C=O) groups is 3. The summed E-state index contributed by atoms with van der Waals surface area (Å²) in [4.78, 5) is 43.1. The zero-order valence-electron chi connectivity index (χ0n) is 14.1. The second-order valence-corrected chi connectivity index (χ2v) is 7.25. The Balaban J connectivity index is 1.32. The van der Waals surface area contributed by atoms with E-state index in [1.54, 1.807) is 4.90 Å². The first-order valence-corrected chi connectivity index (χ1v) is 9.03. The van der Waals surface area contributed by atoms with Crippen LogP contribution in [-0.2, 0) is 20.8 Å². The highest BCUT2D eigenvalue weighted by Gasteiger charge is 2.34. The molecular formula is C17H22N4O4. The minimum Gasteiger partial charge on any atom is -0.341 e. The van der Waals surface area contributed by atoms with Gasteiger partial charge >= 0.3 is 0 Å². The molecule has 0 radical (unpaired) electrons. The molecule has 0 N–H and O–H groups in total. The van der Waals surface area contributed by atoms with Crippen LogP contribution in [0.1, 0.15) is 56.2 Å². The minimum absolute atomic E-state index is 0.128. The molecule has 3 heterocycles. The number of carbonyl (C=O) groups excluding carboxylic acids is 3. The molecular weight excluding hydrogens is 324 g/mol. The molecule has 0 aromatic carbocycles. The monoisotopic (exact) mass is 346 g/mol. The molecule has 1 aliphatic carbocycles. The summed E-state index contributed by atoms with van der Waals surface area (Å²) in [7, 11) is 0. The lowest BCUT2D eigenvalue weighted by atomic mass is 9.94. The van der Waals surface area contributed by atoms with Crippen LogP contribution in [-0.4, -0.2) is 57.3 Å². The van der Waals surface area contributed by atoms with Gasteiger partial charge in [0.25, 0.3) is 0 Å². The van der Waals surface area contributed by atoms with Crippen LogP contribution >= 0.6 is 0 Å². The molecule has 8 heteroatoms. The third-order valence-corrected chi connectivity index (χ3v) is 5.21. The van der Waals surface area contributed by atoms with Gasteiger partial charge in [0.05, 0.1) is 0 Å². The predicted octanol–water partition coefficient (Wildman–Crippen LogP) is 0.877. The zero-order chi connectivity index (χ0) is 17.4. The fraction of sp³-hybridized carbons (Fsp3) is 0.706. The van der Waals surface area contributed by atoms with Gasteiger partial charge in [0.1, 0.15) is 6.54 Å². The van der Waals surface area contributed by atoms with Gasteiger partial charge in [0, 0.05) is 38.3 Å². The Labute approximate surface area is 145 Å². The van der Waals surface area contributed by atoms with Gasteiger partial charge in [0.2, 0.25) is 23.6 Å². The number of piperidine rings is 1. The van der Waals surface area contributed by atoms with Crippen molar-refractivity contribution in [1.82, 2.24) is 19.9 Å². The first kappa shape index (κ1) is 16.2. The molecule has 134 valence electrons. The third-order valence-electron chi connectivity index (χ3n) is 5.21. The summed E-state index contributed by atoms with van der Waals surface area (Å²) in [6, 6.07) is 0. The van der Waals surface area contributed by atoms with E-state index in [0.29, 0.717) is 31.3 Å². The number of hydrogen-bond acceptors (Lipinski definition) is 6. The third kappa shape index (κ3) is 3.57. The van der Waals surface area contributed by atoms with Crippen molar-refractivity contribution in [1.29, 1.82) is 0 Å². The highest BCUT2D eigenvalue weighted by Crippen LogP contribution is 2.38. The van der Waals surface area contributed by atoms with E-state index in [1.165, 1.54) is 0 Å². The Kier molecular flexibility index (Phi) is 4.27. The van der Waals surface area contributed by atoms with Gasteiger partial charge < -0.3 is 9.42 Å². The van der Waals surface area contributed by atoms with Gasteiger partial charge in [0.15, 0.2) is 5.82 Å². The molecule has 1 aromatic rings. The van der Waals surface area contributed by atoms with Gasteiger partial charge in [-0.2, -0.15) is 4.98 Å². The van der Waals surface area contributed by atoms with Gasteiger partial charge in [-0.15, -0.1) is 0 Å². The van der Waals surface area contributed by atoms with Crippen molar-refractivity contribution >= 4 is 17.7 Å². The number of aromatic nitrogens is 2.